The van der Waals surface area contributed by atoms with Crippen LogP contribution >= 0.6 is 0 Å². The Bertz CT molecular complexity index is 1290. The maximum Gasteiger partial charge on any atom is 0.267 e. The van der Waals surface area contributed by atoms with E-state index in [1.807, 2.05) is 0 Å². The van der Waals surface area contributed by atoms with Gasteiger partial charge in [-0.3, -0.25) is 14.9 Å². The first-order valence-corrected chi connectivity index (χ1v) is 12.7. The molecular weight excluding hydrogens is 488 g/mol. The molecule has 3 aromatic carbocycles. The van der Waals surface area contributed by atoms with Crippen molar-refractivity contribution < 1.29 is 27.2 Å². The Balaban J connectivity index is 1.53. The van der Waals surface area contributed by atoms with E-state index in [2.05, 4.69) is 4.90 Å². The van der Waals surface area contributed by atoms with E-state index in [-0.39, 0.29) is 35.7 Å². The molecule has 1 fully saturated rings. The molecule has 3 aromatic rings. The van der Waals surface area contributed by atoms with E-state index in [1.165, 1.54) is 52.3 Å². The van der Waals surface area contributed by atoms with Gasteiger partial charge in [0.25, 0.3) is 5.91 Å². The summed E-state index contributed by atoms with van der Waals surface area (Å²) in [5, 5.41) is 8.61. The molecule has 36 heavy (non-hydrogen) atoms. The fraction of sp³-hybridized carbons (Fsp3) is 0.192. The molecule has 1 saturated heterocycles. The van der Waals surface area contributed by atoms with E-state index < -0.39 is 15.9 Å². The van der Waals surface area contributed by atoms with Crippen molar-refractivity contribution in [3.63, 3.8) is 0 Å². The number of hydrogen-bond acceptors (Lipinski definition) is 5. The van der Waals surface area contributed by atoms with Gasteiger partial charge in [-0.1, -0.05) is 36.4 Å². The summed E-state index contributed by atoms with van der Waals surface area (Å²) in [6, 6.07) is 18.1. The van der Waals surface area contributed by atoms with E-state index in [4.69, 9.17) is 5.21 Å². The second-order valence-electron chi connectivity index (χ2n) is 8.33. The van der Waals surface area contributed by atoms with Crippen molar-refractivity contribution in [1.29, 1.82) is 0 Å². The second-order valence-corrected chi connectivity index (χ2v) is 10.3. The molecule has 2 N–H and O–H groups in total. The van der Waals surface area contributed by atoms with Gasteiger partial charge >= 0.3 is 0 Å². The quantitative estimate of drug-likeness (QED) is 0.286. The van der Waals surface area contributed by atoms with Crippen LogP contribution in [0.2, 0.25) is 0 Å². The van der Waals surface area contributed by atoms with E-state index in [0.717, 1.165) is 17.2 Å². The highest BCUT2D eigenvalue weighted by Gasteiger charge is 2.32. The highest BCUT2D eigenvalue weighted by Crippen LogP contribution is 2.31. The van der Waals surface area contributed by atoms with Crippen LogP contribution in [0.15, 0.2) is 83.8 Å². The Hall–Kier alpha value is -3.44. The van der Waals surface area contributed by atoms with Crippen molar-refractivity contribution in [2.45, 2.75) is 10.9 Å². The number of halogens is 2. The van der Waals surface area contributed by atoms with Gasteiger partial charge in [-0.15, -0.1) is 0 Å². The van der Waals surface area contributed by atoms with Crippen LogP contribution in [-0.2, 0) is 14.8 Å². The summed E-state index contributed by atoms with van der Waals surface area (Å²) in [7, 11) is -3.79. The molecule has 10 heteroatoms. The van der Waals surface area contributed by atoms with Crippen LogP contribution in [0.4, 0.5) is 8.78 Å². The lowest BCUT2D eigenvalue weighted by Gasteiger charge is -2.39. The number of nitrogens with zero attached hydrogens (tertiary/aromatic N) is 2. The van der Waals surface area contributed by atoms with Crippen LogP contribution in [-0.4, -0.2) is 54.9 Å². The molecule has 1 aliphatic heterocycles. The lowest BCUT2D eigenvalue weighted by molar-refractivity contribution is -0.124. The Morgan fingerprint density at radius 1 is 0.889 bits per heavy atom. The fourth-order valence-corrected chi connectivity index (χ4v) is 5.72. The number of benzene rings is 3. The zero-order valence-electron chi connectivity index (χ0n) is 19.2. The summed E-state index contributed by atoms with van der Waals surface area (Å²) < 4.78 is 55.1. The first-order chi connectivity index (χ1) is 17.3. The van der Waals surface area contributed by atoms with Crippen LogP contribution in [0.3, 0.4) is 0 Å². The summed E-state index contributed by atoms with van der Waals surface area (Å²) in [5.41, 5.74) is 3.62. The van der Waals surface area contributed by atoms with Crippen LogP contribution in [0.25, 0.3) is 6.08 Å². The van der Waals surface area contributed by atoms with Crippen LogP contribution in [0.5, 0.6) is 0 Å². The Labute approximate surface area is 208 Å². The standard InChI is InChI=1S/C26H25F2N3O4S/c27-22-9-5-20(6-10-22)26(21-7-11-23(28)12-8-21)30-14-16-31(17-15-30)36(34,35)24-3-1-2-19(18-24)4-13-25(32)29-33/h1-13,18,26,33H,14-17H2,(H,29,32). The molecule has 0 radical (unpaired) electrons. The van der Waals surface area contributed by atoms with Crippen LogP contribution < -0.4 is 5.48 Å². The number of rotatable bonds is 7. The highest BCUT2D eigenvalue weighted by molar-refractivity contribution is 7.89. The summed E-state index contributed by atoms with van der Waals surface area (Å²) in [6.45, 7) is 1.28. The Morgan fingerprint density at radius 3 is 1.97 bits per heavy atom. The van der Waals surface area contributed by atoms with Gasteiger partial charge in [0.1, 0.15) is 11.6 Å². The van der Waals surface area contributed by atoms with Gasteiger partial charge in [0, 0.05) is 32.3 Å². The minimum absolute atomic E-state index is 0.0936. The third kappa shape index (κ3) is 5.85. The van der Waals surface area contributed by atoms with Gasteiger partial charge in [-0.25, -0.2) is 22.7 Å². The fourth-order valence-electron chi connectivity index (χ4n) is 4.24. The first kappa shape index (κ1) is 25.6. The Kier molecular flexibility index (Phi) is 7.90. The summed E-state index contributed by atoms with van der Waals surface area (Å²) in [4.78, 5) is 13.4. The number of carbonyl (C=O) groups is 1. The molecule has 0 unspecified atom stereocenters. The van der Waals surface area contributed by atoms with Crippen molar-refractivity contribution in [2.75, 3.05) is 26.2 Å². The molecule has 0 bridgehead atoms. The zero-order chi connectivity index (χ0) is 25.7. The van der Waals surface area contributed by atoms with Gasteiger partial charge < -0.3 is 0 Å². The monoisotopic (exact) mass is 513 g/mol. The topological polar surface area (TPSA) is 90.0 Å². The number of hydrogen-bond donors (Lipinski definition) is 2. The number of sulfonamides is 1. The predicted octanol–water partition coefficient (Wildman–Crippen LogP) is 3.58. The van der Waals surface area contributed by atoms with Gasteiger partial charge in [-0.2, -0.15) is 4.31 Å². The van der Waals surface area contributed by atoms with E-state index in [9.17, 15) is 22.0 Å². The Morgan fingerprint density at radius 2 is 1.44 bits per heavy atom. The first-order valence-electron chi connectivity index (χ1n) is 11.3. The predicted molar refractivity (Wildman–Crippen MR) is 130 cm³/mol. The molecule has 0 aliphatic carbocycles. The minimum atomic E-state index is -3.79. The maximum absolute atomic E-state index is 13.6. The third-order valence-corrected chi connectivity index (χ3v) is 7.94. The van der Waals surface area contributed by atoms with Gasteiger partial charge in [-0.05, 0) is 59.2 Å². The average Bonchev–Trinajstić information content (AvgIpc) is 2.90. The normalized spacial score (nSPS) is 15.4. The summed E-state index contributed by atoms with van der Waals surface area (Å²) in [5.74, 6) is -1.44. The second kappa shape index (κ2) is 11.1. The molecule has 0 atom stereocenters. The number of hydroxylamine groups is 1. The van der Waals surface area contributed by atoms with E-state index in [1.54, 1.807) is 36.4 Å². The van der Waals surface area contributed by atoms with Gasteiger partial charge in [0.2, 0.25) is 10.0 Å². The molecule has 0 aromatic heterocycles. The number of piperazine rings is 1. The van der Waals surface area contributed by atoms with Crippen molar-refractivity contribution in [3.05, 3.63) is 107 Å². The van der Waals surface area contributed by atoms with E-state index in [0.29, 0.717) is 18.7 Å². The lowest BCUT2D eigenvalue weighted by Crippen LogP contribution is -2.49. The van der Waals surface area contributed by atoms with Crippen LogP contribution in [0, 0.1) is 11.6 Å². The SMILES string of the molecule is O=C(C=Cc1cccc(S(=O)(=O)N2CCN(C(c3ccc(F)cc3)c3ccc(F)cc3)CC2)c1)NO. The summed E-state index contributed by atoms with van der Waals surface area (Å²) in [6.07, 6.45) is 2.49. The minimum Gasteiger partial charge on any atom is -0.290 e. The largest absolute Gasteiger partial charge is 0.290 e. The highest BCUT2D eigenvalue weighted by atomic mass is 32.2. The molecule has 4 rings (SSSR count). The van der Waals surface area contributed by atoms with Crippen LogP contribution in [0.1, 0.15) is 22.7 Å². The maximum atomic E-state index is 13.6. The lowest BCUT2D eigenvalue weighted by atomic mass is 9.96. The number of nitrogens with one attached hydrogen (secondary N) is 1. The zero-order valence-corrected chi connectivity index (χ0v) is 20.0. The molecule has 0 spiro atoms. The third-order valence-electron chi connectivity index (χ3n) is 6.04. The van der Waals surface area contributed by atoms with Crippen molar-refractivity contribution in [3.8, 4) is 0 Å². The average molecular weight is 514 g/mol. The molecular formula is C26H25F2N3O4S. The molecule has 0 saturated carbocycles. The smallest absolute Gasteiger partial charge is 0.267 e. The van der Waals surface area contributed by atoms with Gasteiger partial charge in [0.05, 0.1) is 10.9 Å². The molecule has 188 valence electrons. The van der Waals surface area contributed by atoms with Gasteiger partial charge in [0.15, 0.2) is 0 Å². The van der Waals surface area contributed by atoms with E-state index >= 15 is 0 Å². The molecule has 1 heterocycles. The van der Waals surface area contributed by atoms with Crippen molar-refractivity contribution >= 4 is 22.0 Å². The molecule has 7 nitrogen and oxygen atoms in total. The molecule has 1 aliphatic rings. The number of carbonyl (C=O) groups excluding carboxylic acids is 1. The van der Waals surface area contributed by atoms with Crippen molar-refractivity contribution in [1.82, 2.24) is 14.7 Å². The number of amides is 1. The van der Waals surface area contributed by atoms with Crippen molar-refractivity contribution in [2.24, 2.45) is 0 Å². The summed E-state index contributed by atoms with van der Waals surface area (Å²) >= 11 is 0. The molecule has 1 amide bonds.